The van der Waals surface area contributed by atoms with Crippen molar-refractivity contribution in [1.29, 1.82) is 0 Å². The number of aromatic nitrogens is 4. The zero-order valence-corrected chi connectivity index (χ0v) is 12.1. The lowest BCUT2D eigenvalue weighted by Crippen LogP contribution is -2.07. The molecule has 2 N–H and O–H groups in total. The van der Waals surface area contributed by atoms with Gasteiger partial charge in [-0.3, -0.25) is 9.25 Å². The second kappa shape index (κ2) is 5.65. The Balaban J connectivity index is 2.37. The molecule has 2 rings (SSSR count). The van der Waals surface area contributed by atoms with Gasteiger partial charge in [0.2, 0.25) is 5.95 Å². The van der Waals surface area contributed by atoms with Crippen LogP contribution < -0.4 is 5.73 Å². The Morgan fingerprint density at radius 2 is 2.17 bits per heavy atom. The molecule has 0 saturated heterocycles. The van der Waals surface area contributed by atoms with Crippen LogP contribution in [0.25, 0.3) is 11.2 Å². The number of aryl methyl sites for hydroxylation is 3. The van der Waals surface area contributed by atoms with Gasteiger partial charge in [-0.15, -0.1) is 0 Å². The van der Waals surface area contributed by atoms with Crippen LogP contribution in [0.1, 0.15) is 25.5 Å². The topological polar surface area (TPSA) is 61.7 Å². The Bertz CT molecular complexity index is 528. The zero-order valence-electron chi connectivity index (χ0n) is 11.3. The monoisotopic (exact) mass is 267 g/mol. The van der Waals surface area contributed by atoms with E-state index in [2.05, 4.69) is 27.8 Å². The molecule has 0 aromatic carbocycles. The SMILES string of the molecule is CCCc1nn(C)c2c1nc(N)n2CCCSC. The van der Waals surface area contributed by atoms with Crippen LogP contribution in [0, 0.1) is 0 Å². The molecule has 0 radical (unpaired) electrons. The molecule has 2 aromatic heterocycles. The van der Waals surface area contributed by atoms with Gasteiger partial charge < -0.3 is 5.73 Å². The van der Waals surface area contributed by atoms with Crippen molar-refractivity contribution < 1.29 is 0 Å². The van der Waals surface area contributed by atoms with Gasteiger partial charge in [0.05, 0.1) is 5.69 Å². The lowest BCUT2D eigenvalue weighted by Gasteiger charge is -2.05. The number of nitrogens with zero attached hydrogens (tertiary/aromatic N) is 4. The second-order valence-corrected chi connectivity index (χ2v) is 5.45. The molecule has 0 bridgehead atoms. The minimum Gasteiger partial charge on any atom is -0.369 e. The number of thioether (sulfide) groups is 1. The average Bonchev–Trinajstić information content (AvgIpc) is 2.80. The van der Waals surface area contributed by atoms with Crippen molar-refractivity contribution in [1.82, 2.24) is 19.3 Å². The number of fused-ring (bicyclic) bond motifs is 1. The smallest absolute Gasteiger partial charge is 0.202 e. The summed E-state index contributed by atoms with van der Waals surface area (Å²) < 4.78 is 3.99. The largest absolute Gasteiger partial charge is 0.369 e. The first-order valence-electron chi connectivity index (χ1n) is 6.35. The van der Waals surface area contributed by atoms with Crippen LogP contribution >= 0.6 is 11.8 Å². The van der Waals surface area contributed by atoms with Crippen molar-refractivity contribution >= 4 is 28.9 Å². The molecule has 0 amide bonds. The summed E-state index contributed by atoms with van der Waals surface area (Å²) in [4.78, 5) is 4.48. The Morgan fingerprint density at radius 1 is 1.39 bits per heavy atom. The zero-order chi connectivity index (χ0) is 13.1. The summed E-state index contributed by atoms with van der Waals surface area (Å²) in [5.41, 5.74) is 9.10. The van der Waals surface area contributed by atoms with Gasteiger partial charge in [0.15, 0.2) is 5.65 Å². The molecule has 0 fully saturated rings. The minimum atomic E-state index is 0.608. The number of nitrogen functional groups attached to an aromatic ring is 1. The first-order chi connectivity index (χ1) is 8.69. The highest BCUT2D eigenvalue weighted by atomic mass is 32.2. The molecule has 0 aliphatic rings. The molecule has 5 nitrogen and oxygen atoms in total. The quantitative estimate of drug-likeness (QED) is 0.814. The van der Waals surface area contributed by atoms with Crippen LogP contribution in [0.15, 0.2) is 0 Å². The summed E-state index contributed by atoms with van der Waals surface area (Å²) in [5.74, 6) is 1.75. The maximum Gasteiger partial charge on any atom is 0.202 e. The highest BCUT2D eigenvalue weighted by molar-refractivity contribution is 7.98. The van der Waals surface area contributed by atoms with Crippen molar-refractivity contribution in [3.63, 3.8) is 0 Å². The fourth-order valence-corrected chi connectivity index (χ4v) is 2.67. The molecule has 100 valence electrons. The van der Waals surface area contributed by atoms with E-state index in [0.29, 0.717) is 5.95 Å². The van der Waals surface area contributed by atoms with Crippen LogP contribution in [0.5, 0.6) is 0 Å². The molecule has 0 saturated carbocycles. The maximum atomic E-state index is 6.02. The molecule has 0 atom stereocenters. The highest BCUT2D eigenvalue weighted by Gasteiger charge is 2.16. The summed E-state index contributed by atoms with van der Waals surface area (Å²) in [6, 6.07) is 0. The van der Waals surface area contributed by atoms with Crippen LogP contribution in [0.2, 0.25) is 0 Å². The fraction of sp³-hybridized carbons (Fsp3) is 0.667. The van der Waals surface area contributed by atoms with Gasteiger partial charge >= 0.3 is 0 Å². The fourth-order valence-electron chi connectivity index (χ4n) is 2.25. The van der Waals surface area contributed by atoms with E-state index >= 15 is 0 Å². The van der Waals surface area contributed by atoms with E-state index in [9.17, 15) is 0 Å². The first-order valence-corrected chi connectivity index (χ1v) is 7.75. The van der Waals surface area contributed by atoms with Gasteiger partial charge in [-0.25, -0.2) is 4.98 Å². The standard InChI is InChI=1S/C12H21N5S/c1-4-6-9-10-11(16(2)15-9)17(12(13)14-10)7-5-8-18-3/h4-8H2,1-3H3,(H2,13,14). The highest BCUT2D eigenvalue weighted by Crippen LogP contribution is 2.22. The Kier molecular flexibility index (Phi) is 4.16. The van der Waals surface area contributed by atoms with E-state index in [0.717, 1.165) is 48.4 Å². The summed E-state index contributed by atoms with van der Waals surface area (Å²) >= 11 is 1.86. The van der Waals surface area contributed by atoms with Crippen molar-refractivity contribution in [3.8, 4) is 0 Å². The maximum absolute atomic E-state index is 6.02. The molecular formula is C12H21N5S. The number of rotatable bonds is 6. The van der Waals surface area contributed by atoms with Crippen LogP contribution in [0.3, 0.4) is 0 Å². The summed E-state index contributed by atoms with van der Waals surface area (Å²) in [5, 5.41) is 4.54. The normalized spacial score (nSPS) is 11.5. The lowest BCUT2D eigenvalue weighted by molar-refractivity contribution is 0.667. The van der Waals surface area contributed by atoms with Crippen molar-refractivity contribution in [2.24, 2.45) is 7.05 Å². The van der Waals surface area contributed by atoms with Gasteiger partial charge in [0.25, 0.3) is 0 Å². The van der Waals surface area contributed by atoms with E-state index in [-0.39, 0.29) is 0 Å². The van der Waals surface area contributed by atoms with Gasteiger partial charge in [0, 0.05) is 13.6 Å². The van der Waals surface area contributed by atoms with Crippen molar-refractivity contribution in [2.45, 2.75) is 32.7 Å². The third-order valence-electron chi connectivity index (χ3n) is 3.04. The average molecular weight is 267 g/mol. The molecule has 2 aromatic rings. The third kappa shape index (κ3) is 2.34. The van der Waals surface area contributed by atoms with E-state index in [1.54, 1.807) is 0 Å². The number of nitrogens with two attached hydrogens (primary N) is 1. The van der Waals surface area contributed by atoms with E-state index in [1.807, 2.05) is 23.5 Å². The molecular weight excluding hydrogens is 246 g/mol. The second-order valence-electron chi connectivity index (χ2n) is 4.46. The Labute approximate surface area is 112 Å². The van der Waals surface area contributed by atoms with Gasteiger partial charge in [-0.2, -0.15) is 16.9 Å². The summed E-state index contributed by atoms with van der Waals surface area (Å²) in [6.45, 7) is 3.06. The number of imidazole rings is 1. The van der Waals surface area contributed by atoms with Crippen molar-refractivity contribution in [3.05, 3.63) is 5.69 Å². The van der Waals surface area contributed by atoms with E-state index < -0.39 is 0 Å². The predicted octanol–water partition coefficient (Wildman–Crippen LogP) is 2.06. The Morgan fingerprint density at radius 3 is 2.83 bits per heavy atom. The third-order valence-corrected chi connectivity index (χ3v) is 3.73. The van der Waals surface area contributed by atoms with E-state index in [4.69, 9.17) is 5.73 Å². The minimum absolute atomic E-state index is 0.608. The lowest BCUT2D eigenvalue weighted by atomic mass is 10.2. The molecule has 0 aliphatic carbocycles. The molecule has 0 aliphatic heterocycles. The van der Waals surface area contributed by atoms with Gasteiger partial charge in [0.1, 0.15) is 5.52 Å². The van der Waals surface area contributed by atoms with Crippen LogP contribution in [-0.2, 0) is 20.0 Å². The summed E-state index contributed by atoms with van der Waals surface area (Å²) in [7, 11) is 1.97. The summed E-state index contributed by atoms with van der Waals surface area (Å²) in [6.07, 6.45) is 5.26. The molecule has 18 heavy (non-hydrogen) atoms. The van der Waals surface area contributed by atoms with Crippen molar-refractivity contribution in [2.75, 3.05) is 17.7 Å². The number of hydrogen-bond acceptors (Lipinski definition) is 4. The first kappa shape index (κ1) is 13.3. The van der Waals surface area contributed by atoms with Crippen LogP contribution in [0.4, 0.5) is 5.95 Å². The van der Waals surface area contributed by atoms with Gasteiger partial charge in [-0.05, 0) is 24.9 Å². The molecule has 0 unspecified atom stereocenters. The molecule has 2 heterocycles. The molecule has 6 heteroatoms. The van der Waals surface area contributed by atoms with Crippen LogP contribution in [-0.4, -0.2) is 31.3 Å². The number of anilines is 1. The van der Waals surface area contributed by atoms with Gasteiger partial charge in [-0.1, -0.05) is 13.3 Å². The van der Waals surface area contributed by atoms with E-state index in [1.165, 1.54) is 0 Å². The Hall–Kier alpha value is -1.17. The number of hydrogen-bond donors (Lipinski definition) is 1. The molecule has 0 spiro atoms. The predicted molar refractivity (Wildman–Crippen MR) is 77.9 cm³/mol.